The van der Waals surface area contributed by atoms with E-state index in [0.717, 1.165) is 17.8 Å². The van der Waals surface area contributed by atoms with Crippen LogP contribution in [0.25, 0.3) is 11.3 Å². The third-order valence-electron chi connectivity index (χ3n) is 1.99. The van der Waals surface area contributed by atoms with Crippen LogP contribution >= 0.6 is 11.3 Å². The molecular formula is C11H11NS. The van der Waals surface area contributed by atoms with Crippen LogP contribution in [-0.4, -0.2) is 4.98 Å². The van der Waals surface area contributed by atoms with Gasteiger partial charge in [-0.1, -0.05) is 13.0 Å². The van der Waals surface area contributed by atoms with E-state index in [1.54, 1.807) is 11.3 Å². The molecule has 0 spiro atoms. The Morgan fingerprint density at radius 2 is 2.23 bits per heavy atom. The quantitative estimate of drug-likeness (QED) is 0.705. The number of rotatable bonds is 2. The average molecular weight is 189 g/mol. The SMILES string of the molecule is CCc1cccc(-c2ccsc2)n1. The fourth-order valence-corrected chi connectivity index (χ4v) is 1.90. The Labute approximate surface area is 82.1 Å². The molecule has 66 valence electrons. The zero-order valence-electron chi connectivity index (χ0n) is 7.53. The van der Waals surface area contributed by atoms with Crippen LogP contribution in [0.3, 0.4) is 0 Å². The summed E-state index contributed by atoms with van der Waals surface area (Å²) < 4.78 is 0. The molecule has 0 aromatic carbocycles. The Bertz CT molecular complexity index is 379. The zero-order chi connectivity index (χ0) is 9.10. The second-order valence-electron chi connectivity index (χ2n) is 2.88. The monoisotopic (exact) mass is 189 g/mol. The minimum absolute atomic E-state index is 0.998. The fraction of sp³-hybridized carbons (Fsp3) is 0.182. The highest BCUT2D eigenvalue weighted by atomic mass is 32.1. The summed E-state index contributed by atoms with van der Waals surface area (Å²) in [5, 5.41) is 4.21. The van der Waals surface area contributed by atoms with Crippen LogP contribution in [0.2, 0.25) is 0 Å². The molecule has 0 unspecified atom stereocenters. The first-order valence-corrected chi connectivity index (χ1v) is 5.33. The molecule has 2 rings (SSSR count). The molecule has 0 saturated carbocycles. The van der Waals surface area contributed by atoms with E-state index >= 15 is 0 Å². The number of thiophene rings is 1. The van der Waals surface area contributed by atoms with Crippen molar-refractivity contribution in [1.82, 2.24) is 4.98 Å². The molecule has 2 aromatic rings. The lowest BCUT2D eigenvalue weighted by molar-refractivity contribution is 1.04. The Balaban J connectivity index is 2.41. The maximum absolute atomic E-state index is 4.54. The summed E-state index contributed by atoms with van der Waals surface area (Å²) >= 11 is 1.71. The van der Waals surface area contributed by atoms with Crippen LogP contribution in [0.4, 0.5) is 0 Å². The molecule has 0 amide bonds. The van der Waals surface area contributed by atoms with E-state index < -0.39 is 0 Å². The van der Waals surface area contributed by atoms with Crippen molar-refractivity contribution in [3.63, 3.8) is 0 Å². The van der Waals surface area contributed by atoms with E-state index in [9.17, 15) is 0 Å². The molecule has 0 N–H and O–H groups in total. The Hall–Kier alpha value is -1.15. The first kappa shape index (κ1) is 8.45. The predicted molar refractivity (Wildman–Crippen MR) is 56.9 cm³/mol. The highest BCUT2D eigenvalue weighted by molar-refractivity contribution is 7.08. The average Bonchev–Trinajstić information content (AvgIpc) is 2.71. The van der Waals surface area contributed by atoms with Gasteiger partial charge in [-0.15, -0.1) is 0 Å². The Morgan fingerprint density at radius 3 is 2.92 bits per heavy atom. The minimum atomic E-state index is 0.998. The maximum Gasteiger partial charge on any atom is 0.0713 e. The van der Waals surface area contributed by atoms with Crippen molar-refractivity contribution in [1.29, 1.82) is 0 Å². The lowest BCUT2D eigenvalue weighted by Gasteiger charge is -1.99. The van der Waals surface area contributed by atoms with Crippen molar-refractivity contribution in [2.45, 2.75) is 13.3 Å². The number of hydrogen-bond acceptors (Lipinski definition) is 2. The molecule has 0 radical (unpaired) electrons. The second-order valence-corrected chi connectivity index (χ2v) is 3.66. The number of nitrogens with zero attached hydrogens (tertiary/aromatic N) is 1. The molecule has 0 aliphatic rings. The van der Waals surface area contributed by atoms with Crippen molar-refractivity contribution in [2.24, 2.45) is 0 Å². The van der Waals surface area contributed by atoms with Crippen LogP contribution in [0.1, 0.15) is 12.6 Å². The van der Waals surface area contributed by atoms with Gasteiger partial charge in [-0.25, -0.2) is 0 Å². The Kier molecular flexibility index (Phi) is 2.41. The molecular weight excluding hydrogens is 178 g/mol. The number of hydrogen-bond donors (Lipinski definition) is 0. The molecule has 0 atom stereocenters. The maximum atomic E-state index is 4.54. The van der Waals surface area contributed by atoms with E-state index in [1.807, 2.05) is 0 Å². The standard InChI is InChI=1S/C11H11NS/c1-2-10-4-3-5-11(12-10)9-6-7-13-8-9/h3-8H,2H2,1H3. The lowest BCUT2D eigenvalue weighted by atomic mass is 10.2. The molecule has 0 bridgehead atoms. The van der Waals surface area contributed by atoms with Gasteiger partial charge in [-0.05, 0) is 30.0 Å². The lowest BCUT2D eigenvalue weighted by Crippen LogP contribution is -1.88. The molecule has 0 fully saturated rings. The molecule has 0 saturated heterocycles. The third-order valence-corrected chi connectivity index (χ3v) is 2.67. The van der Waals surface area contributed by atoms with Gasteiger partial charge in [0.1, 0.15) is 0 Å². The normalized spacial score (nSPS) is 10.2. The van der Waals surface area contributed by atoms with Gasteiger partial charge in [-0.2, -0.15) is 11.3 Å². The van der Waals surface area contributed by atoms with E-state index in [-0.39, 0.29) is 0 Å². The van der Waals surface area contributed by atoms with Crippen molar-refractivity contribution in [3.05, 3.63) is 40.7 Å². The summed E-state index contributed by atoms with van der Waals surface area (Å²) in [5.41, 5.74) is 3.46. The summed E-state index contributed by atoms with van der Waals surface area (Å²) in [6, 6.07) is 8.29. The van der Waals surface area contributed by atoms with Crippen LogP contribution in [0, 0.1) is 0 Å². The highest BCUT2D eigenvalue weighted by Gasteiger charge is 1.99. The van der Waals surface area contributed by atoms with Crippen LogP contribution in [-0.2, 0) is 6.42 Å². The molecule has 1 nitrogen and oxygen atoms in total. The number of pyridine rings is 1. The van der Waals surface area contributed by atoms with Gasteiger partial charge in [0.25, 0.3) is 0 Å². The summed E-state index contributed by atoms with van der Waals surface area (Å²) in [7, 11) is 0. The highest BCUT2D eigenvalue weighted by Crippen LogP contribution is 2.19. The summed E-state index contributed by atoms with van der Waals surface area (Å²) in [6.07, 6.45) is 0.998. The van der Waals surface area contributed by atoms with Crippen LogP contribution in [0.15, 0.2) is 35.0 Å². The summed E-state index contributed by atoms with van der Waals surface area (Å²) in [4.78, 5) is 4.54. The van der Waals surface area contributed by atoms with Gasteiger partial charge in [-0.3, -0.25) is 4.98 Å². The third kappa shape index (κ3) is 1.78. The van der Waals surface area contributed by atoms with Crippen LogP contribution < -0.4 is 0 Å². The molecule has 2 heteroatoms. The molecule has 2 heterocycles. The van der Waals surface area contributed by atoms with Gasteiger partial charge in [0.2, 0.25) is 0 Å². The van der Waals surface area contributed by atoms with Gasteiger partial charge < -0.3 is 0 Å². The molecule has 13 heavy (non-hydrogen) atoms. The summed E-state index contributed by atoms with van der Waals surface area (Å²) in [6.45, 7) is 2.12. The zero-order valence-corrected chi connectivity index (χ0v) is 8.34. The Morgan fingerprint density at radius 1 is 1.31 bits per heavy atom. The van der Waals surface area contributed by atoms with E-state index in [1.165, 1.54) is 5.56 Å². The topological polar surface area (TPSA) is 12.9 Å². The van der Waals surface area contributed by atoms with Gasteiger partial charge in [0.15, 0.2) is 0 Å². The first-order valence-electron chi connectivity index (χ1n) is 4.38. The van der Waals surface area contributed by atoms with E-state index in [4.69, 9.17) is 0 Å². The fourth-order valence-electron chi connectivity index (χ4n) is 1.25. The van der Waals surface area contributed by atoms with Crippen molar-refractivity contribution in [2.75, 3.05) is 0 Å². The predicted octanol–water partition coefficient (Wildman–Crippen LogP) is 3.37. The minimum Gasteiger partial charge on any atom is -0.253 e. The summed E-state index contributed by atoms with van der Waals surface area (Å²) in [5.74, 6) is 0. The van der Waals surface area contributed by atoms with Gasteiger partial charge in [0, 0.05) is 16.6 Å². The van der Waals surface area contributed by atoms with E-state index in [2.05, 4.69) is 46.9 Å². The van der Waals surface area contributed by atoms with Crippen molar-refractivity contribution < 1.29 is 0 Å². The van der Waals surface area contributed by atoms with Crippen molar-refractivity contribution in [3.8, 4) is 11.3 Å². The van der Waals surface area contributed by atoms with Gasteiger partial charge >= 0.3 is 0 Å². The van der Waals surface area contributed by atoms with Crippen LogP contribution in [0.5, 0.6) is 0 Å². The molecule has 2 aromatic heterocycles. The molecule has 0 aliphatic carbocycles. The largest absolute Gasteiger partial charge is 0.253 e. The smallest absolute Gasteiger partial charge is 0.0713 e. The molecule has 0 aliphatic heterocycles. The number of aryl methyl sites for hydroxylation is 1. The van der Waals surface area contributed by atoms with E-state index in [0.29, 0.717) is 0 Å². The second kappa shape index (κ2) is 3.71. The van der Waals surface area contributed by atoms with Gasteiger partial charge in [0.05, 0.1) is 5.69 Å². The first-order chi connectivity index (χ1) is 6.40. The van der Waals surface area contributed by atoms with Crippen molar-refractivity contribution >= 4 is 11.3 Å². The number of aromatic nitrogens is 1.